The summed E-state index contributed by atoms with van der Waals surface area (Å²) in [7, 11) is -2.56. The third kappa shape index (κ3) is 6.42. The number of likely N-dealkylation sites (N-methyl/N-ethyl adjacent to an activating group) is 1. The molecule has 3 rings (SSSR count). The van der Waals surface area contributed by atoms with Crippen LogP contribution < -0.4 is 9.62 Å². The first kappa shape index (κ1) is 28.9. The molecule has 0 fully saturated rings. The fourth-order valence-electron chi connectivity index (χ4n) is 4.40. The van der Waals surface area contributed by atoms with E-state index in [1.807, 2.05) is 71.0 Å². The highest BCUT2D eigenvalue weighted by molar-refractivity contribution is 7.92. The average Bonchev–Trinajstić information content (AvgIpc) is 2.89. The number of amides is 2. The minimum Gasteiger partial charge on any atom is -0.357 e. The van der Waals surface area contributed by atoms with E-state index < -0.39 is 28.5 Å². The van der Waals surface area contributed by atoms with Gasteiger partial charge < -0.3 is 10.2 Å². The SMILES string of the molecule is CC[C@H](C(=O)NC)N(Cc1ccccc1C)C(=O)CN(c1cc(C)ccc1C)S(=O)(=O)c1ccc(C)cc1. The van der Waals surface area contributed by atoms with Crippen LogP contribution in [0.15, 0.2) is 71.6 Å². The number of aryl methyl sites for hydroxylation is 4. The number of nitrogens with one attached hydrogen (secondary N) is 1. The van der Waals surface area contributed by atoms with Gasteiger partial charge in [-0.2, -0.15) is 0 Å². The van der Waals surface area contributed by atoms with Crippen LogP contribution in [0.1, 0.15) is 41.2 Å². The van der Waals surface area contributed by atoms with E-state index in [1.54, 1.807) is 30.3 Å². The zero-order valence-corrected chi connectivity index (χ0v) is 23.8. The van der Waals surface area contributed by atoms with Gasteiger partial charge in [-0.15, -0.1) is 0 Å². The summed E-state index contributed by atoms with van der Waals surface area (Å²) in [5.74, 6) is -0.755. The quantitative estimate of drug-likeness (QED) is 0.409. The molecular formula is C30H37N3O4S. The van der Waals surface area contributed by atoms with E-state index in [9.17, 15) is 18.0 Å². The molecule has 0 aromatic heterocycles. The highest BCUT2D eigenvalue weighted by Crippen LogP contribution is 2.29. The van der Waals surface area contributed by atoms with Gasteiger partial charge in [-0.25, -0.2) is 8.42 Å². The minimum atomic E-state index is -4.09. The van der Waals surface area contributed by atoms with Gasteiger partial charge in [0.1, 0.15) is 12.6 Å². The molecule has 0 aliphatic heterocycles. The third-order valence-electron chi connectivity index (χ3n) is 6.76. The zero-order chi connectivity index (χ0) is 28.0. The average molecular weight is 536 g/mol. The Labute approximate surface area is 226 Å². The summed E-state index contributed by atoms with van der Waals surface area (Å²) in [6.07, 6.45) is 0.380. The molecule has 202 valence electrons. The number of carbonyl (C=O) groups excluding carboxylic acids is 2. The summed E-state index contributed by atoms with van der Waals surface area (Å²) < 4.78 is 29.1. The van der Waals surface area contributed by atoms with Crippen molar-refractivity contribution >= 4 is 27.5 Å². The number of anilines is 1. The molecule has 0 aliphatic rings. The van der Waals surface area contributed by atoms with Crippen LogP contribution in [0.25, 0.3) is 0 Å². The van der Waals surface area contributed by atoms with Crippen LogP contribution in [0.2, 0.25) is 0 Å². The maximum Gasteiger partial charge on any atom is 0.264 e. The summed E-state index contributed by atoms with van der Waals surface area (Å²) in [5, 5.41) is 2.65. The molecule has 0 heterocycles. The zero-order valence-electron chi connectivity index (χ0n) is 23.0. The van der Waals surface area contributed by atoms with Crippen molar-refractivity contribution in [1.29, 1.82) is 0 Å². The van der Waals surface area contributed by atoms with Crippen molar-refractivity contribution in [1.82, 2.24) is 10.2 Å². The van der Waals surface area contributed by atoms with Crippen molar-refractivity contribution < 1.29 is 18.0 Å². The Balaban J connectivity index is 2.12. The van der Waals surface area contributed by atoms with Crippen molar-refractivity contribution in [2.24, 2.45) is 0 Å². The lowest BCUT2D eigenvalue weighted by molar-refractivity contribution is -0.140. The van der Waals surface area contributed by atoms with Crippen molar-refractivity contribution in [3.63, 3.8) is 0 Å². The van der Waals surface area contributed by atoms with E-state index in [0.717, 1.165) is 27.8 Å². The van der Waals surface area contributed by atoms with Gasteiger partial charge in [0.25, 0.3) is 10.0 Å². The van der Waals surface area contributed by atoms with Crippen LogP contribution in [-0.2, 0) is 26.2 Å². The lowest BCUT2D eigenvalue weighted by Gasteiger charge is -2.33. The molecule has 0 bridgehead atoms. The van der Waals surface area contributed by atoms with Gasteiger partial charge in [0.2, 0.25) is 11.8 Å². The summed E-state index contributed by atoms with van der Waals surface area (Å²) in [6, 6.07) is 19.0. The second-order valence-corrected chi connectivity index (χ2v) is 11.5. The molecule has 0 saturated heterocycles. The lowest BCUT2D eigenvalue weighted by atomic mass is 10.1. The minimum absolute atomic E-state index is 0.0978. The maximum atomic E-state index is 14.0. The second-order valence-electron chi connectivity index (χ2n) is 9.60. The van der Waals surface area contributed by atoms with Crippen LogP contribution >= 0.6 is 0 Å². The van der Waals surface area contributed by atoms with Gasteiger partial charge in [-0.1, -0.05) is 61.0 Å². The van der Waals surface area contributed by atoms with E-state index >= 15 is 0 Å². The summed E-state index contributed by atoms with van der Waals surface area (Å²) in [6.45, 7) is 9.11. The molecule has 0 saturated carbocycles. The number of hydrogen-bond donors (Lipinski definition) is 1. The first-order valence-corrected chi connectivity index (χ1v) is 14.2. The Kier molecular flexibility index (Phi) is 9.33. The van der Waals surface area contributed by atoms with Crippen LogP contribution in [0.5, 0.6) is 0 Å². The number of carbonyl (C=O) groups is 2. The lowest BCUT2D eigenvalue weighted by Crippen LogP contribution is -2.52. The largest absolute Gasteiger partial charge is 0.357 e. The highest BCUT2D eigenvalue weighted by atomic mass is 32.2. The van der Waals surface area contributed by atoms with Gasteiger partial charge in [-0.05, 0) is 74.6 Å². The number of hydrogen-bond acceptors (Lipinski definition) is 4. The summed E-state index contributed by atoms with van der Waals surface area (Å²) in [4.78, 5) is 28.5. The van der Waals surface area contributed by atoms with Gasteiger partial charge in [0, 0.05) is 13.6 Å². The van der Waals surface area contributed by atoms with Gasteiger partial charge in [0.15, 0.2) is 0 Å². The van der Waals surface area contributed by atoms with Gasteiger partial charge >= 0.3 is 0 Å². The Morgan fingerprint density at radius 2 is 1.50 bits per heavy atom. The molecule has 3 aromatic carbocycles. The van der Waals surface area contributed by atoms with E-state index in [1.165, 1.54) is 16.3 Å². The summed E-state index contributed by atoms with van der Waals surface area (Å²) in [5.41, 5.74) is 4.83. The molecule has 1 N–H and O–H groups in total. The number of nitrogens with zero attached hydrogens (tertiary/aromatic N) is 2. The Morgan fingerprint density at radius 3 is 2.11 bits per heavy atom. The maximum absolute atomic E-state index is 14.0. The standard InChI is InChI=1S/C30H37N3O4S/c1-7-27(30(35)31-6)32(19-25-11-9-8-10-23(25)4)29(34)20-33(28-18-22(3)12-15-24(28)5)38(36,37)26-16-13-21(2)14-17-26/h8-18,27H,7,19-20H2,1-6H3,(H,31,35)/t27-/m1/s1. The van der Waals surface area contributed by atoms with E-state index in [2.05, 4.69) is 5.32 Å². The molecule has 0 unspecified atom stereocenters. The van der Waals surface area contributed by atoms with Crippen molar-refractivity contribution in [2.75, 3.05) is 17.9 Å². The Bertz CT molecular complexity index is 1400. The fraction of sp³-hybridized carbons (Fsp3) is 0.333. The van der Waals surface area contributed by atoms with Crippen LogP contribution in [-0.4, -0.2) is 44.8 Å². The molecule has 7 nitrogen and oxygen atoms in total. The topological polar surface area (TPSA) is 86.8 Å². The number of sulfonamides is 1. The smallest absolute Gasteiger partial charge is 0.264 e. The Morgan fingerprint density at radius 1 is 0.868 bits per heavy atom. The highest BCUT2D eigenvalue weighted by Gasteiger charge is 2.34. The summed E-state index contributed by atoms with van der Waals surface area (Å²) >= 11 is 0. The van der Waals surface area contributed by atoms with Crippen molar-refractivity contribution in [2.45, 2.75) is 58.5 Å². The predicted molar refractivity (Wildman–Crippen MR) is 152 cm³/mol. The monoisotopic (exact) mass is 535 g/mol. The molecule has 8 heteroatoms. The third-order valence-corrected chi connectivity index (χ3v) is 8.53. The van der Waals surface area contributed by atoms with Crippen molar-refractivity contribution in [3.05, 3.63) is 94.5 Å². The van der Waals surface area contributed by atoms with Crippen LogP contribution in [0.4, 0.5) is 5.69 Å². The molecule has 38 heavy (non-hydrogen) atoms. The van der Waals surface area contributed by atoms with Gasteiger partial charge in [0.05, 0.1) is 10.6 Å². The van der Waals surface area contributed by atoms with E-state index in [4.69, 9.17) is 0 Å². The molecule has 0 aliphatic carbocycles. The Hall–Kier alpha value is -3.65. The molecule has 0 radical (unpaired) electrons. The first-order chi connectivity index (χ1) is 18.0. The molecule has 3 aromatic rings. The molecule has 1 atom stereocenters. The second kappa shape index (κ2) is 12.3. The normalized spacial score (nSPS) is 12.1. The molecule has 0 spiro atoms. The number of rotatable bonds is 10. The van der Waals surface area contributed by atoms with E-state index in [-0.39, 0.29) is 17.3 Å². The van der Waals surface area contributed by atoms with Crippen molar-refractivity contribution in [3.8, 4) is 0 Å². The molecule has 2 amide bonds. The first-order valence-electron chi connectivity index (χ1n) is 12.7. The van der Waals surface area contributed by atoms with Gasteiger partial charge in [-0.3, -0.25) is 13.9 Å². The van der Waals surface area contributed by atoms with E-state index in [0.29, 0.717) is 12.1 Å². The predicted octanol–water partition coefficient (Wildman–Crippen LogP) is 4.67. The fourth-order valence-corrected chi connectivity index (χ4v) is 5.87. The molecular weight excluding hydrogens is 498 g/mol. The van der Waals surface area contributed by atoms with Crippen LogP contribution in [0, 0.1) is 27.7 Å². The number of benzene rings is 3. The van der Waals surface area contributed by atoms with Crippen LogP contribution in [0.3, 0.4) is 0 Å².